The number of nitriles is 1. The number of allylic oxidation sites excluding steroid dienone is 4. The molecule has 0 aromatic carbocycles. The maximum absolute atomic E-state index is 12.8. The fourth-order valence-corrected chi connectivity index (χ4v) is 0.935. The third-order valence-electron chi connectivity index (χ3n) is 1.55. The second kappa shape index (κ2) is 3.26. The standard InChI is InChI=1S/C8H5F2NO/c9-7-1-5(4-12)2-8(10)6(7)3-11/h1-2,4,6-7H. The van der Waals surface area contributed by atoms with E-state index in [0.29, 0.717) is 6.29 Å². The normalized spacial score (nSPS) is 28.4. The molecular weight excluding hydrogens is 164 g/mol. The minimum Gasteiger partial charge on any atom is -0.298 e. The third-order valence-corrected chi connectivity index (χ3v) is 1.55. The molecule has 0 aromatic heterocycles. The average molecular weight is 169 g/mol. The highest BCUT2D eigenvalue weighted by molar-refractivity contribution is 5.78. The van der Waals surface area contributed by atoms with Crippen LogP contribution in [-0.4, -0.2) is 12.5 Å². The van der Waals surface area contributed by atoms with E-state index in [4.69, 9.17) is 5.26 Å². The lowest BCUT2D eigenvalue weighted by Crippen LogP contribution is -2.16. The van der Waals surface area contributed by atoms with E-state index < -0.39 is 17.9 Å². The highest BCUT2D eigenvalue weighted by atomic mass is 19.1. The Balaban J connectivity index is 2.97. The highest BCUT2D eigenvalue weighted by Crippen LogP contribution is 2.26. The van der Waals surface area contributed by atoms with Gasteiger partial charge in [0.25, 0.3) is 0 Å². The van der Waals surface area contributed by atoms with Crippen LogP contribution >= 0.6 is 0 Å². The van der Waals surface area contributed by atoms with Crippen LogP contribution in [0.2, 0.25) is 0 Å². The Labute approximate surface area is 67.8 Å². The molecule has 0 bridgehead atoms. The van der Waals surface area contributed by atoms with Gasteiger partial charge in [-0.1, -0.05) is 0 Å². The lowest BCUT2D eigenvalue weighted by molar-refractivity contribution is -0.104. The summed E-state index contributed by atoms with van der Waals surface area (Å²) in [5.74, 6) is -2.29. The van der Waals surface area contributed by atoms with E-state index in [9.17, 15) is 13.6 Å². The number of rotatable bonds is 1. The molecule has 0 aromatic rings. The minimum atomic E-state index is -1.72. The van der Waals surface area contributed by atoms with E-state index in [2.05, 4.69) is 0 Å². The second-order valence-corrected chi connectivity index (χ2v) is 2.36. The number of carbonyl (C=O) groups is 1. The Hall–Kier alpha value is -1.50. The van der Waals surface area contributed by atoms with Gasteiger partial charge in [0.15, 0.2) is 0 Å². The SMILES string of the molecule is N#CC1C(F)=CC(C=O)=CC1F. The van der Waals surface area contributed by atoms with Crippen molar-refractivity contribution in [1.82, 2.24) is 0 Å². The Morgan fingerprint density at radius 1 is 1.67 bits per heavy atom. The summed E-state index contributed by atoms with van der Waals surface area (Å²) in [7, 11) is 0. The third kappa shape index (κ3) is 1.40. The number of halogens is 2. The van der Waals surface area contributed by atoms with Crippen molar-refractivity contribution in [3.05, 3.63) is 23.6 Å². The molecule has 1 aliphatic rings. The van der Waals surface area contributed by atoms with E-state index in [1.54, 1.807) is 0 Å². The zero-order valence-corrected chi connectivity index (χ0v) is 6.00. The van der Waals surface area contributed by atoms with Crippen molar-refractivity contribution in [2.24, 2.45) is 5.92 Å². The molecule has 0 heterocycles. The second-order valence-electron chi connectivity index (χ2n) is 2.36. The van der Waals surface area contributed by atoms with Crippen molar-refractivity contribution in [3.8, 4) is 6.07 Å². The first-order valence-electron chi connectivity index (χ1n) is 3.27. The highest BCUT2D eigenvalue weighted by Gasteiger charge is 2.27. The Morgan fingerprint density at radius 3 is 2.75 bits per heavy atom. The summed E-state index contributed by atoms with van der Waals surface area (Å²) >= 11 is 0. The monoisotopic (exact) mass is 169 g/mol. The molecule has 2 atom stereocenters. The summed E-state index contributed by atoms with van der Waals surface area (Å²) in [6.45, 7) is 0. The molecule has 1 rings (SSSR count). The fourth-order valence-electron chi connectivity index (χ4n) is 0.935. The molecule has 62 valence electrons. The van der Waals surface area contributed by atoms with Gasteiger partial charge in [0.1, 0.15) is 24.2 Å². The molecule has 0 amide bonds. The first kappa shape index (κ1) is 8.60. The van der Waals surface area contributed by atoms with Gasteiger partial charge in [0.2, 0.25) is 0 Å². The van der Waals surface area contributed by atoms with Crippen LogP contribution in [0.25, 0.3) is 0 Å². The van der Waals surface area contributed by atoms with Crippen LogP contribution in [0.5, 0.6) is 0 Å². The number of hydrogen-bond donors (Lipinski definition) is 0. The molecule has 0 N–H and O–H groups in total. The number of carbonyl (C=O) groups excluding carboxylic acids is 1. The van der Waals surface area contributed by atoms with E-state index in [0.717, 1.165) is 12.2 Å². The van der Waals surface area contributed by atoms with Gasteiger partial charge in [-0.2, -0.15) is 5.26 Å². The molecule has 0 saturated carbocycles. The molecule has 1 aliphatic carbocycles. The van der Waals surface area contributed by atoms with Crippen molar-refractivity contribution >= 4 is 6.29 Å². The van der Waals surface area contributed by atoms with Crippen LogP contribution in [0, 0.1) is 17.2 Å². The van der Waals surface area contributed by atoms with Gasteiger partial charge in [0.05, 0.1) is 6.07 Å². The van der Waals surface area contributed by atoms with E-state index in [1.165, 1.54) is 6.07 Å². The fraction of sp³-hybridized carbons (Fsp3) is 0.250. The largest absolute Gasteiger partial charge is 0.298 e. The zero-order valence-electron chi connectivity index (χ0n) is 6.00. The molecule has 2 nitrogen and oxygen atoms in total. The van der Waals surface area contributed by atoms with E-state index in [-0.39, 0.29) is 5.57 Å². The molecule has 4 heteroatoms. The molecular formula is C8H5F2NO. The van der Waals surface area contributed by atoms with Crippen molar-refractivity contribution in [1.29, 1.82) is 5.26 Å². The molecule has 0 spiro atoms. The number of nitrogens with zero attached hydrogens (tertiary/aromatic N) is 1. The van der Waals surface area contributed by atoms with Gasteiger partial charge in [-0.15, -0.1) is 0 Å². The quantitative estimate of drug-likeness (QED) is 0.557. The van der Waals surface area contributed by atoms with Crippen molar-refractivity contribution in [2.75, 3.05) is 0 Å². The van der Waals surface area contributed by atoms with Gasteiger partial charge in [0, 0.05) is 5.57 Å². The Bertz CT molecular complexity index is 301. The van der Waals surface area contributed by atoms with Crippen molar-refractivity contribution < 1.29 is 13.6 Å². The lowest BCUT2D eigenvalue weighted by Gasteiger charge is -2.13. The predicted octanol–water partition coefficient (Wildman–Crippen LogP) is 1.46. The first-order valence-corrected chi connectivity index (χ1v) is 3.27. The van der Waals surface area contributed by atoms with Crippen molar-refractivity contribution in [3.63, 3.8) is 0 Å². The van der Waals surface area contributed by atoms with Gasteiger partial charge in [-0.25, -0.2) is 8.78 Å². The average Bonchev–Trinajstić information content (AvgIpc) is 2.03. The number of aldehydes is 1. The van der Waals surface area contributed by atoms with Crippen LogP contribution in [-0.2, 0) is 4.79 Å². The van der Waals surface area contributed by atoms with Gasteiger partial charge in [-0.3, -0.25) is 4.79 Å². The molecule has 0 radical (unpaired) electrons. The molecule has 0 saturated heterocycles. The smallest absolute Gasteiger partial charge is 0.149 e. The lowest BCUT2D eigenvalue weighted by atomic mass is 9.95. The van der Waals surface area contributed by atoms with Crippen LogP contribution in [0.4, 0.5) is 8.78 Å². The summed E-state index contributed by atoms with van der Waals surface area (Å²) in [6.07, 6.45) is 0.431. The predicted molar refractivity (Wildman–Crippen MR) is 37.3 cm³/mol. The first-order chi connectivity index (χ1) is 5.69. The van der Waals surface area contributed by atoms with Crippen LogP contribution in [0.3, 0.4) is 0 Å². The number of hydrogen-bond acceptors (Lipinski definition) is 2. The summed E-state index contributed by atoms with van der Waals surface area (Å²) in [5, 5.41) is 8.30. The minimum absolute atomic E-state index is 0.0634. The Kier molecular flexibility index (Phi) is 2.34. The molecule has 0 aliphatic heterocycles. The maximum Gasteiger partial charge on any atom is 0.149 e. The van der Waals surface area contributed by atoms with Crippen LogP contribution in [0.1, 0.15) is 0 Å². The van der Waals surface area contributed by atoms with Gasteiger partial charge < -0.3 is 0 Å². The number of alkyl halides is 1. The summed E-state index contributed by atoms with van der Waals surface area (Å²) in [6, 6.07) is 1.47. The maximum atomic E-state index is 12.8. The summed E-state index contributed by atoms with van der Waals surface area (Å²) < 4.78 is 25.5. The van der Waals surface area contributed by atoms with Gasteiger partial charge >= 0.3 is 0 Å². The van der Waals surface area contributed by atoms with Crippen molar-refractivity contribution in [2.45, 2.75) is 6.17 Å². The van der Waals surface area contributed by atoms with E-state index in [1.807, 2.05) is 0 Å². The Morgan fingerprint density at radius 2 is 2.33 bits per heavy atom. The summed E-state index contributed by atoms with van der Waals surface area (Å²) in [5.41, 5.74) is -0.0634. The van der Waals surface area contributed by atoms with Crippen LogP contribution < -0.4 is 0 Å². The van der Waals surface area contributed by atoms with Crippen LogP contribution in [0.15, 0.2) is 23.6 Å². The summed E-state index contributed by atoms with van der Waals surface area (Å²) in [4.78, 5) is 10.1. The molecule has 0 fully saturated rings. The zero-order chi connectivity index (χ0) is 9.14. The van der Waals surface area contributed by atoms with E-state index >= 15 is 0 Å². The topological polar surface area (TPSA) is 40.9 Å². The molecule has 2 unspecified atom stereocenters. The van der Waals surface area contributed by atoms with Gasteiger partial charge in [-0.05, 0) is 12.2 Å². The molecule has 12 heavy (non-hydrogen) atoms.